The maximum Gasteiger partial charge on any atom is 0.127 e. The van der Waals surface area contributed by atoms with Gasteiger partial charge in [-0.2, -0.15) is 0 Å². The minimum absolute atomic E-state index is 0.426. The van der Waals surface area contributed by atoms with Crippen molar-refractivity contribution >= 4 is 0 Å². The highest BCUT2D eigenvalue weighted by Gasteiger charge is 2.28. The van der Waals surface area contributed by atoms with Crippen molar-refractivity contribution < 1.29 is 4.39 Å². The molecule has 1 aliphatic carbocycles. The summed E-state index contributed by atoms with van der Waals surface area (Å²) in [4.78, 5) is 0. The average Bonchev–Trinajstić information content (AvgIpc) is 2.30. The molecule has 0 aromatic rings. The van der Waals surface area contributed by atoms with Crippen molar-refractivity contribution in [2.75, 3.05) is 0 Å². The van der Waals surface area contributed by atoms with Gasteiger partial charge in [0.05, 0.1) is 0 Å². The Labute approximate surface area is 99.6 Å². The Bertz CT molecular complexity index is 284. The minimum atomic E-state index is -1.13. The van der Waals surface area contributed by atoms with E-state index >= 15 is 0 Å². The van der Waals surface area contributed by atoms with Crippen molar-refractivity contribution in [3.8, 4) is 0 Å². The topological polar surface area (TPSA) is 0 Å². The third-order valence-electron chi connectivity index (χ3n) is 3.42. The summed E-state index contributed by atoms with van der Waals surface area (Å²) in [5.74, 6) is 0.426. The summed E-state index contributed by atoms with van der Waals surface area (Å²) in [5, 5.41) is 0. The van der Waals surface area contributed by atoms with E-state index in [1.54, 1.807) is 13.0 Å². The van der Waals surface area contributed by atoms with E-state index in [9.17, 15) is 4.39 Å². The first kappa shape index (κ1) is 13.5. The van der Waals surface area contributed by atoms with E-state index < -0.39 is 5.67 Å². The summed E-state index contributed by atoms with van der Waals surface area (Å²) in [7, 11) is 0. The van der Waals surface area contributed by atoms with Crippen LogP contribution >= 0.6 is 0 Å². The zero-order chi connectivity index (χ0) is 12.2. The molecule has 16 heavy (non-hydrogen) atoms. The van der Waals surface area contributed by atoms with Gasteiger partial charge in [-0.05, 0) is 51.5 Å². The number of halogens is 1. The maximum absolute atomic E-state index is 14.2. The van der Waals surface area contributed by atoms with E-state index in [1.165, 1.54) is 18.4 Å². The minimum Gasteiger partial charge on any atom is -0.240 e. The predicted octanol–water partition coefficient (Wildman–Crippen LogP) is 5.21. The molecule has 0 N–H and O–H groups in total. The molecule has 0 radical (unpaired) electrons. The second kappa shape index (κ2) is 5.65. The summed E-state index contributed by atoms with van der Waals surface area (Å²) in [6.45, 7) is 8.10. The first-order valence-corrected chi connectivity index (χ1v) is 6.57. The number of unbranched alkanes of at least 4 members (excludes halogenated alkanes) is 1. The Kier molecular flexibility index (Phi) is 4.76. The number of alkyl halides is 1. The molecule has 0 heterocycles. The fourth-order valence-corrected chi connectivity index (χ4v) is 2.66. The standard InChI is InChI=1S/C15H25F/c1-5-7-8-14-9-12(3)10-15(4,16)11-13(14)6-2/h9-10,13H,5-8,11H2,1-4H3. The van der Waals surface area contributed by atoms with Gasteiger partial charge in [-0.25, -0.2) is 4.39 Å². The molecule has 0 aromatic carbocycles. The average molecular weight is 224 g/mol. The molecule has 0 amide bonds. The molecule has 1 rings (SSSR count). The monoisotopic (exact) mass is 224 g/mol. The molecule has 0 aliphatic heterocycles. The smallest absolute Gasteiger partial charge is 0.127 e. The number of allylic oxidation sites excluding steroid dienone is 4. The molecule has 0 saturated heterocycles. The Balaban J connectivity index is 2.85. The lowest BCUT2D eigenvalue weighted by Crippen LogP contribution is -2.19. The lowest BCUT2D eigenvalue weighted by Gasteiger charge is -2.23. The Morgan fingerprint density at radius 1 is 1.44 bits per heavy atom. The van der Waals surface area contributed by atoms with Gasteiger partial charge in [0, 0.05) is 0 Å². The molecule has 2 unspecified atom stereocenters. The van der Waals surface area contributed by atoms with Gasteiger partial charge < -0.3 is 0 Å². The van der Waals surface area contributed by atoms with E-state index in [2.05, 4.69) is 19.9 Å². The van der Waals surface area contributed by atoms with E-state index in [0.29, 0.717) is 12.3 Å². The van der Waals surface area contributed by atoms with Crippen LogP contribution in [0.3, 0.4) is 0 Å². The summed E-state index contributed by atoms with van der Waals surface area (Å²) >= 11 is 0. The lowest BCUT2D eigenvalue weighted by atomic mass is 9.85. The van der Waals surface area contributed by atoms with Crippen LogP contribution in [0, 0.1) is 5.92 Å². The van der Waals surface area contributed by atoms with Crippen molar-refractivity contribution in [2.24, 2.45) is 5.92 Å². The Morgan fingerprint density at radius 2 is 2.12 bits per heavy atom. The van der Waals surface area contributed by atoms with Gasteiger partial charge in [0.2, 0.25) is 0 Å². The zero-order valence-corrected chi connectivity index (χ0v) is 11.1. The first-order valence-electron chi connectivity index (χ1n) is 6.57. The normalized spacial score (nSPS) is 30.7. The highest BCUT2D eigenvalue weighted by molar-refractivity contribution is 5.29. The highest BCUT2D eigenvalue weighted by Crippen LogP contribution is 2.36. The van der Waals surface area contributed by atoms with Crippen molar-refractivity contribution in [2.45, 2.75) is 65.5 Å². The van der Waals surface area contributed by atoms with Gasteiger partial charge in [-0.1, -0.05) is 37.5 Å². The van der Waals surface area contributed by atoms with Crippen LogP contribution in [0.25, 0.3) is 0 Å². The molecule has 0 aromatic heterocycles. The van der Waals surface area contributed by atoms with E-state index in [4.69, 9.17) is 0 Å². The molecule has 2 atom stereocenters. The van der Waals surface area contributed by atoms with Gasteiger partial charge in [-0.3, -0.25) is 0 Å². The fraction of sp³-hybridized carbons (Fsp3) is 0.733. The SMILES string of the molecule is CCCCC1=CC(C)=CC(C)(F)CC1CC. The van der Waals surface area contributed by atoms with Crippen LogP contribution in [-0.4, -0.2) is 5.67 Å². The summed E-state index contributed by atoms with van der Waals surface area (Å²) in [5.41, 5.74) is 1.42. The number of hydrogen-bond donors (Lipinski definition) is 0. The molecule has 0 nitrogen and oxygen atoms in total. The number of rotatable bonds is 4. The third-order valence-corrected chi connectivity index (χ3v) is 3.42. The summed E-state index contributed by atoms with van der Waals surface area (Å²) < 4.78 is 14.2. The largest absolute Gasteiger partial charge is 0.240 e. The molecule has 1 aliphatic rings. The molecule has 0 saturated carbocycles. The lowest BCUT2D eigenvalue weighted by molar-refractivity contribution is 0.211. The van der Waals surface area contributed by atoms with Crippen LogP contribution in [-0.2, 0) is 0 Å². The van der Waals surface area contributed by atoms with Crippen LogP contribution in [0.2, 0.25) is 0 Å². The second-order valence-electron chi connectivity index (χ2n) is 5.30. The van der Waals surface area contributed by atoms with Crippen LogP contribution in [0.5, 0.6) is 0 Å². The Morgan fingerprint density at radius 3 is 2.69 bits per heavy atom. The van der Waals surface area contributed by atoms with Gasteiger partial charge in [-0.15, -0.1) is 0 Å². The summed E-state index contributed by atoms with van der Waals surface area (Å²) in [6.07, 6.45) is 9.27. The van der Waals surface area contributed by atoms with Crippen LogP contribution < -0.4 is 0 Å². The van der Waals surface area contributed by atoms with Crippen LogP contribution in [0.1, 0.15) is 59.8 Å². The van der Waals surface area contributed by atoms with Gasteiger partial charge in [0.15, 0.2) is 0 Å². The van der Waals surface area contributed by atoms with Crippen molar-refractivity contribution in [3.05, 3.63) is 23.3 Å². The Hall–Kier alpha value is -0.590. The van der Waals surface area contributed by atoms with Gasteiger partial charge in [0.25, 0.3) is 0 Å². The third kappa shape index (κ3) is 3.77. The quantitative estimate of drug-likeness (QED) is 0.615. The van der Waals surface area contributed by atoms with Gasteiger partial charge >= 0.3 is 0 Å². The van der Waals surface area contributed by atoms with Crippen molar-refractivity contribution in [1.29, 1.82) is 0 Å². The van der Waals surface area contributed by atoms with Crippen molar-refractivity contribution in [1.82, 2.24) is 0 Å². The first-order chi connectivity index (χ1) is 7.48. The van der Waals surface area contributed by atoms with E-state index in [-0.39, 0.29) is 0 Å². The van der Waals surface area contributed by atoms with Crippen LogP contribution in [0.15, 0.2) is 23.3 Å². The second-order valence-corrected chi connectivity index (χ2v) is 5.30. The van der Waals surface area contributed by atoms with Crippen molar-refractivity contribution in [3.63, 3.8) is 0 Å². The van der Waals surface area contributed by atoms with Crippen LogP contribution in [0.4, 0.5) is 4.39 Å². The molecule has 92 valence electrons. The maximum atomic E-state index is 14.2. The van der Waals surface area contributed by atoms with Gasteiger partial charge in [0.1, 0.15) is 5.67 Å². The number of hydrogen-bond acceptors (Lipinski definition) is 0. The summed E-state index contributed by atoms with van der Waals surface area (Å²) in [6, 6.07) is 0. The predicted molar refractivity (Wildman–Crippen MR) is 69.3 cm³/mol. The highest BCUT2D eigenvalue weighted by atomic mass is 19.1. The molecular formula is C15H25F. The fourth-order valence-electron chi connectivity index (χ4n) is 2.66. The molecule has 0 bridgehead atoms. The van der Waals surface area contributed by atoms with E-state index in [0.717, 1.165) is 18.4 Å². The molecule has 1 heteroatoms. The van der Waals surface area contributed by atoms with E-state index in [1.807, 2.05) is 6.92 Å². The molecular weight excluding hydrogens is 199 g/mol. The molecule has 0 spiro atoms. The molecule has 0 fully saturated rings. The zero-order valence-electron chi connectivity index (χ0n) is 11.1.